The number of aromatic amines is 1. The van der Waals surface area contributed by atoms with Gasteiger partial charge in [-0.05, 0) is 18.6 Å². The molecule has 6 nitrogen and oxygen atoms in total. The molecule has 0 radical (unpaired) electrons. The number of hydrogen-bond donors (Lipinski definition) is 3. The zero-order valence-corrected chi connectivity index (χ0v) is 14.5. The van der Waals surface area contributed by atoms with Gasteiger partial charge in [0, 0.05) is 22.2 Å². The number of benzene rings is 2. The molecule has 3 N–H and O–H groups in total. The van der Waals surface area contributed by atoms with E-state index in [2.05, 4.69) is 20.8 Å². The highest BCUT2D eigenvalue weighted by molar-refractivity contribution is 6.00. The van der Waals surface area contributed by atoms with E-state index >= 15 is 0 Å². The quantitative estimate of drug-likeness (QED) is 0.471. The number of amides is 2. The van der Waals surface area contributed by atoms with Gasteiger partial charge in [-0.2, -0.15) is 5.10 Å². The molecule has 2 aromatic carbocycles. The summed E-state index contributed by atoms with van der Waals surface area (Å²) < 4.78 is 0. The summed E-state index contributed by atoms with van der Waals surface area (Å²) in [4.78, 5) is 26.9. The van der Waals surface area contributed by atoms with Crippen molar-refractivity contribution >= 4 is 28.9 Å². The van der Waals surface area contributed by atoms with Crippen molar-refractivity contribution in [3.63, 3.8) is 0 Å². The van der Waals surface area contributed by atoms with Crippen LogP contribution in [0.1, 0.15) is 16.8 Å². The molecule has 1 aromatic heterocycles. The second kappa shape index (κ2) is 8.11. The molecule has 0 unspecified atom stereocenters. The highest BCUT2D eigenvalue weighted by atomic mass is 16.2. The maximum absolute atomic E-state index is 11.8. The van der Waals surface area contributed by atoms with Crippen LogP contribution in [0.4, 0.5) is 0 Å². The molecule has 0 spiro atoms. The SMILES string of the molecule is Cc1[nH]c2ccccc2c1/C=N/NC(=O)CNC(=O)Cc1ccccc1. The Kier molecular flexibility index (Phi) is 5.43. The Balaban J connectivity index is 1.50. The van der Waals surface area contributed by atoms with Crippen LogP contribution in [0, 0.1) is 6.92 Å². The molecule has 26 heavy (non-hydrogen) atoms. The smallest absolute Gasteiger partial charge is 0.259 e. The van der Waals surface area contributed by atoms with Crippen molar-refractivity contribution in [3.05, 3.63) is 71.4 Å². The number of nitrogens with zero attached hydrogens (tertiary/aromatic N) is 1. The molecule has 0 aliphatic heterocycles. The standard InChI is InChI=1S/C20H20N4O2/c1-14-17(16-9-5-6-10-18(16)23-14)12-22-24-20(26)13-21-19(25)11-15-7-3-2-4-8-15/h2-10,12,23H,11,13H2,1H3,(H,21,25)(H,24,26)/b22-12+. The third-order valence-corrected chi connectivity index (χ3v) is 3.98. The van der Waals surface area contributed by atoms with Crippen LogP contribution in [0.3, 0.4) is 0 Å². The van der Waals surface area contributed by atoms with Crippen molar-refractivity contribution in [3.8, 4) is 0 Å². The van der Waals surface area contributed by atoms with Gasteiger partial charge in [-0.3, -0.25) is 9.59 Å². The summed E-state index contributed by atoms with van der Waals surface area (Å²) in [5.41, 5.74) is 6.25. The minimum Gasteiger partial charge on any atom is -0.358 e. The largest absolute Gasteiger partial charge is 0.358 e. The van der Waals surface area contributed by atoms with Crippen molar-refractivity contribution < 1.29 is 9.59 Å². The van der Waals surface area contributed by atoms with Gasteiger partial charge in [-0.1, -0.05) is 48.5 Å². The fourth-order valence-corrected chi connectivity index (χ4v) is 2.70. The zero-order chi connectivity index (χ0) is 18.4. The predicted molar refractivity (Wildman–Crippen MR) is 102 cm³/mol. The van der Waals surface area contributed by atoms with Crippen LogP contribution in [0.5, 0.6) is 0 Å². The fourth-order valence-electron chi connectivity index (χ4n) is 2.70. The molecule has 0 bridgehead atoms. The van der Waals surface area contributed by atoms with Crippen molar-refractivity contribution in [2.45, 2.75) is 13.3 Å². The molecule has 6 heteroatoms. The first-order valence-corrected chi connectivity index (χ1v) is 8.33. The lowest BCUT2D eigenvalue weighted by Crippen LogP contribution is -2.35. The minimum atomic E-state index is -0.375. The summed E-state index contributed by atoms with van der Waals surface area (Å²) in [6.45, 7) is 1.84. The van der Waals surface area contributed by atoms with Crippen molar-refractivity contribution in [2.24, 2.45) is 5.10 Å². The molecule has 0 aliphatic rings. The van der Waals surface area contributed by atoms with E-state index in [1.807, 2.05) is 61.5 Å². The predicted octanol–water partition coefficient (Wildman–Crippen LogP) is 2.29. The van der Waals surface area contributed by atoms with Crippen molar-refractivity contribution in [2.75, 3.05) is 6.54 Å². The second-order valence-electron chi connectivity index (χ2n) is 5.94. The maximum Gasteiger partial charge on any atom is 0.259 e. The average Bonchev–Trinajstić information content (AvgIpc) is 2.96. The molecule has 0 aliphatic carbocycles. The zero-order valence-electron chi connectivity index (χ0n) is 14.5. The van der Waals surface area contributed by atoms with Gasteiger partial charge >= 0.3 is 0 Å². The molecular weight excluding hydrogens is 328 g/mol. The van der Waals surface area contributed by atoms with Gasteiger partial charge in [0.2, 0.25) is 5.91 Å². The Morgan fingerprint density at radius 3 is 2.58 bits per heavy atom. The number of rotatable bonds is 6. The molecule has 0 fully saturated rings. The molecule has 1 heterocycles. The van der Waals surface area contributed by atoms with Crippen molar-refractivity contribution in [1.29, 1.82) is 0 Å². The van der Waals surface area contributed by atoms with Crippen LogP contribution in [-0.2, 0) is 16.0 Å². The first-order valence-electron chi connectivity index (χ1n) is 8.33. The number of nitrogens with one attached hydrogen (secondary N) is 3. The van der Waals surface area contributed by atoms with Crippen LogP contribution in [-0.4, -0.2) is 29.6 Å². The monoisotopic (exact) mass is 348 g/mol. The first-order chi connectivity index (χ1) is 12.6. The van der Waals surface area contributed by atoms with E-state index in [4.69, 9.17) is 0 Å². The summed E-state index contributed by atoms with van der Waals surface area (Å²) in [6.07, 6.45) is 1.85. The number of aryl methyl sites for hydroxylation is 1. The van der Waals surface area contributed by atoms with Gasteiger partial charge in [0.15, 0.2) is 0 Å². The van der Waals surface area contributed by atoms with E-state index in [9.17, 15) is 9.59 Å². The summed E-state index contributed by atoms with van der Waals surface area (Å²) in [5.74, 6) is -0.581. The van der Waals surface area contributed by atoms with Gasteiger partial charge in [0.1, 0.15) is 0 Å². The molecule has 132 valence electrons. The van der Waals surface area contributed by atoms with E-state index in [0.29, 0.717) is 0 Å². The van der Waals surface area contributed by atoms with Crippen LogP contribution in [0.15, 0.2) is 59.7 Å². The van der Waals surface area contributed by atoms with E-state index in [1.54, 1.807) is 6.21 Å². The minimum absolute atomic E-state index is 0.115. The second-order valence-corrected chi connectivity index (χ2v) is 5.94. The lowest BCUT2D eigenvalue weighted by atomic mass is 10.1. The average molecular weight is 348 g/mol. The number of carbonyl (C=O) groups excluding carboxylic acids is 2. The molecule has 0 atom stereocenters. The van der Waals surface area contributed by atoms with Gasteiger partial charge in [0.05, 0.1) is 19.2 Å². The van der Waals surface area contributed by atoms with E-state index < -0.39 is 0 Å². The Morgan fingerprint density at radius 1 is 1.04 bits per heavy atom. The van der Waals surface area contributed by atoms with Crippen molar-refractivity contribution in [1.82, 2.24) is 15.7 Å². The fraction of sp³-hybridized carbons (Fsp3) is 0.150. The topological polar surface area (TPSA) is 86.3 Å². The molecular formula is C20H20N4O2. The summed E-state index contributed by atoms with van der Waals surface area (Å²) in [5, 5.41) is 7.62. The molecule has 2 amide bonds. The lowest BCUT2D eigenvalue weighted by Gasteiger charge is -2.04. The first kappa shape index (κ1) is 17.4. The van der Waals surface area contributed by atoms with Gasteiger partial charge < -0.3 is 10.3 Å². The van der Waals surface area contributed by atoms with Crippen LogP contribution in [0.25, 0.3) is 10.9 Å². The Hall–Kier alpha value is -3.41. The third-order valence-electron chi connectivity index (χ3n) is 3.98. The number of hydrogen-bond acceptors (Lipinski definition) is 3. The maximum atomic E-state index is 11.8. The van der Waals surface area contributed by atoms with E-state index in [1.165, 1.54) is 0 Å². The number of hydrazone groups is 1. The lowest BCUT2D eigenvalue weighted by molar-refractivity contribution is -0.125. The highest BCUT2D eigenvalue weighted by Crippen LogP contribution is 2.19. The molecule has 3 aromatic rings. The number of para-hydroxylation sites is 1. The Morgan fingerprint density at radius 2 is 1.77 bits per heavy atom. The summed E-state index contributed by atoms with van der Waals surface area (Å²) in [6, 6.07) is 17.3. The highest BCUT2D eigenvalue weighted by Gasteiger charge is 2.07. The van der Waals surface area contributed by atoms with E-state index in [-0.39, 0.29) is 24.8 Å². The number of aromatic nitrogens is 1. The third kappa shape index (κ3) is 4.36. The number of fused-ring (bicyclic) bond motifs is 1. The molecule has 0 saturated heterocycles. The summed E-state index contributed by atoms with van der Waals surface area (Å²) >= 11 is 0. The normalized spacial score (nSPS) is 11.0. The van der Waals surface area contributed by atoms with Crippen LogP contribution >= 0.6 is 0 Å². The van der Waals surface area contributed by atoms with Gasteiger partial charge in [0.25, 0.3) is 5.91 Å². The molecule has 0 saturated carbocycles. The number of carbonyl (C=O) groups is 2. The Bertz CT molecular complexity index is 945. The number of H-pyrrole nitrogens is 1. The van der Waals surface area contributed by atoms with Crippen LogP contribution in [0.2, 0.25) is 0 Å². The van der Waals surface area contributed by atoms with E-state index in [0.717, 1.165) is 27.7 Å². The Labute approximate surface area is 151 Å². The van der Waals surface area contributed by atoms with Gasteiger partial charge in [-0.15, -0.1) is 0 Å². The van der Waals surface area contributed by atoms with Crippen LogP contribution < -0.4 is 10.7 Å². The van der Waals surface area contributed by atoms with Gasteiger partial charge in [-0.25, -0.2) is 5.43 Å². The molecule has 3 rings (SSSR count). The summed E-state index contributed by atoms with van der Waals surface area (Å²) in [7, 11) is 0.